The second-order valence-electron chi connectivity index (χ2n) is 6.21. The lowest BCUT2D eigenvalue weighted by atomic mass is 9.94. The molecule has 0 saturated heterocycles. The molecule has 6 heteroatoms. The smallest absolute Gasteiger partial charge is 0.271 e. The zero-order valence-electron chi connectivity index (χ0n) is 13.5. The molecule has 1 aliphatic rings. The topological polar surface area (TPSA) is 70.7 Å². The van der Waals surface area contributed by atoms with Gasteiger partial charge in [-0.2, -0.15) is 0 Å². The van der Waals surface area contributed by atoms with Crippen molar-refractivity contribution in [2.24, 2.45) is 0 Å². The fourth-order valence-corrected chi connectivity index (χ4v) is 3.29. The second kappa shape index (κ2) is 6.69. The van der Waals surface area contributed by atoms with E-state index in [0.29, 0.717) is 23.7 Å². The first-order valence-electron chi connectivity index (χ1n) is 8.19. The minimum Gasteiger partial charge on any atom is -0.350 e. The number of fused-ring (bicyclic) bond motifs is 1. The lowest BCUT2D eigenvalue weighted by molar-refractivity contribution is 0.0950. The van der Waals surface area contributed by atoms with Crippen LogP contribution in [0.2, 0.25) is 5.02 Å². The van der Waals surface area contributed by atoms with E-state index >= 15 is 0 Å². The van der Waals surface area contributed by atoms with Crippen LogP contribution in [0.3, 0.4) is 0 Å². The quantitative estimate of drug-likeness (QED) is 0.760. The van der Waals surface area contributed by atoms with E-state index in [-0.39, 0.29) is 11.8 Å². The van der Waals surface area contributed by atoms with Gasteiger partial charge in [0.15, 0.2) is 0 Å². The molecule has 5 nitrogen and oxygen atoms in total. The van der Waals surface area contributed by atoms with Crippen LogP contribution in [0, 0.1) is 0 Å². The molecule has 1 amide bonds. The molecular weight excluding hydrogens is 336 g/mol. The number of aromatic amines is 1. The maximum atomic E-state index is 12.4. The predicted octanol–water partition coefficient (Wildman–Crippen LogP) is 3.12. The number of hydrogen-bond donors (Lipinski definition) is 2. The SMILES string of the molecule is O=C1NC[C@H](c2ccc(Cl)cc2)Cc2[nH]c(Cc3cccnc3)nc21. The fourth-order valence-electron chi connectivity index (χ4n) is 3.17. The van der Waals surface area contributed by atoms with Crippen molar-refractivity contribution in [3.05, 3.63) is 82.2 Å². The number of carbonyl (C=O) groups excluding carboxylic acids is 1. The van der Waals surface area contributed by atoms with Gasteiger partial charge < -0.3 is 10.3 Å². The van der Waals surface area contributed by atoms with Gasteiger partial charge in [0.05, 0.1) is 0 Å². The number of benzene rings is 1. The molecule has 3 aromatic rings. The highest BCUT2D eigenvalue weighted by Gasteiger charge is 2.26. The normalized spacial score (nSPS) is 16.8. The zero-order valence-corrected chi connectivity index (χ0v) is 14.3. The molecule has 1 aromatic carbocycles. The van der Waals surface area contributed by atoms with Crippen molar-refractivity contribution in [3.8, 4) is 0 Å². The number of aromatic nitrogens is 3. The molecule has 126 valence electrons. The molecule has 2 N–H and O–H groups in total. The van der Waals surface area contributed by atoms with Crippen LogP contribution in [-0.4, -0.2) is 27.4 Å². The van der Waals surface area contributed by atoms with Crippen LogP contribution < -0.4 is 5.32 Å². The van der Waals surface area contributed by atoms with E-state index in [1.54, 1.807) is 6.20 Å². The Morgan fingerprint density at radius 2 is 2.04 bits per heavy atom. The summed E-state index contributed by atoms with van der Waals surface area (Å²) in [5.41, 5.74) is 3.59. The third-order valence-electron chi connectivity index (χ3n) is 4.44. The van der Waals surface area contributed by atoms with Crippen molar-refractivity contribution >= 4 is 17.5 Å². The summed E-state index contributed by atoms with van der Waals surface area (Å²) in [6.45, 7) is 0.586. The second-order valence-corrected chi connectivity index (χ2v) is 6.65. The average Bonchev–Trinajstić information content (AvgIpc) is 2.95. The first kappa shape index (κ1) is 15.8. The summed E-state index contributed by atoms with van der Waals surface area (Å²) >= 11 is 5.98. The highest BCUT2D eigenvalue weighted by molar-refractivity contribution is 6.30. The van der Waals surface area contributed by atoms with Crippen molar-refractivity contribution in [1.29, 1.82) is 0 Å². The molecule has 0 aliphatic carbocycles. The van der Waals surface area contributed by atoms with Crippen molar-refractivity contribution in [2.75, 3.05) is 6.54 Å². The molecule has 0 spiro atoms. The van der Waals surface area contributed by atoms with E-state index in [0.717, 1.165) is 29.1 Å². The Morgan fingerprint density at radius 1 is 1.20 bits per heavy atom. The van der Waals surface area contributed by atoms with Gasteiger partial charge in [0.2, 0.25) is 0 Å². The third-order valence-corrected chi connectivity index (χ3v) is 4.69. The van der Waals surface area contributed by atoms with Crippen LogP contribution >= 0.6 is 11.6 Å². The number of hydrogen-bond acceptors (Lipinski definition) is 3. The van der Waals surface area contributed by atoms with E-state index in [1.165, 1.54) is 0 Å². The Bertz CT molecular complexity index is 890. The van der Waals surface area contributed by atoms with Crippen molar-refractivity contribution in [3.63, 3.8) is 0 Å². The zero-order chi connectivity index (χ0) is 17.2. The summed E-state index contributed by atoms with van der Waals surface area (Å²) in [6.07, 6.45) is 4.91. The molecule has 25 heavy (non-hydrogen) atoms. The number of carbonyl (C=O) groups is 1. The number of nitrogens with one attached hydrogen (secondary N) is 2. The predicted molar refractivity (Wildman–Crippen MR) is 95.9 cm³/mol. The molecular formula is C19H17ClN4O. The van der Waals surface area contributed by atoms with E-state index in [1.807, 2.05) is 42.6 Å². The van der Waals surface area contributed by atoms with Crippen LogP contribution in [-0.2, 0) is 12.8 Å². The molecule has 0 bridgehead atoms. The molecule has 3 heterocycles. The Hall–Kier alpha value is -2.66. The first-order chi connectivity index (χ1) is 12.2. The maximum absolute atomic E-state index is 12.4. The Labute approximate surface area is 150 Å². The van der Waals surface area contributed by atoms with E-state index in [9.17, 15) is 4.79 Å². The molecule has 0 saturated carbocycles. The molecule has 0 radical (unpaired) electrons. The minimum absolute atomic E-state index is 0.125. The van der Waals surface area contributed by atoms with Gasteiger partial charge in [-0.25, -0.2) is 4.98 Å². The lowest BCUT2D eigenvalue weighted by Gasteiger charge is -2.14. The van der Waals surface area contributed by atoms with Gasteiger partial charge in [0.25, 0.3) is 5.91 Å². The molecule has 0 unspecified atom stereocenters. The Kier molecular flexibility index (Phi) is 4.24. The Balaban J connectivity index is 1.61. The number of halogens is 1. The van der Waals surface area contributed by atoms with Crippen LogP contribution in [0.4, 0.5) is 0 Å². The van der Waals surface area contributed by atoms with E-state index < -0.39 is 0 Å². The van der Waals surface area contributed by atoms with Gasteiger partial charge in [0, 0.05) is 42.0 Å². The fraction of sp³-hybridized carbons (Fsp3) is 0.211. The number of imidazole rings is 1. The standard InChI is InChI=1S/C19H17ClN4O/c20-15-5-3-13(4-6-15)14-9-16-18(19(25)22-11-14)24-17(23-16)8-12-2-1-7-21-10-12/h1-7,10,14H,8-9,11H2,(H,22,25)(H,23,24)/t14-/m1/s1. The third kappa shape index (κ3) is 3.42. The largest absolute Gasteiger partial charge is 0.350 e. The maximum Gasteiger partial charge on any atom is 0.271 e. The summed E-state index contributed by atoms with van der Waals surface area (Å²) in [6, 6.07) is 11.7. The Morgan fingerprint density at radius 3 is 2.80 bits per heavy atom. The van der Waals surface area contributed by atoms with Gasteiger partial charge in [-0.05, 0) is 35.7 Å². The minimum atomic E-state index is -0.125. The number of pyridine rings is 1. The van der Waals surface area contributed by atoms with Crippen LogP contribution in [0.5, 0.6) is 0 Å². The molecule has 1 aliphatic heterocycles. The van der Waals surface area contributed by atoms with Gasteiger partial charge in [-0.15, -0.1) is 0 Å². The average molecular weight is 353 g/mol. The molecule has 0 fully saturated rings. The number of amides is 1. The van der Waals surface area contributed by atoms with Gasteiger partial charge in [-0.1, -0.05) is 29.8 Å². The highest BCUT2D eigenvalue weighted by atomic mass is 35.5. The van der Waals surface area contributed by atoms with Crippen molar-refractivity contribution in [1.82, 2.24) is 20.3 Å². The summed E-state index contributed by atoms with van der Waals surface area (Å²) in [7, 11) is 0. The number of nitrogens with zero attached hydrogens (tertiary/aromatic N) is 2. The number of H-pyrrole nitrogens is 1. The molecule has 4 rings (SSSR count). The van der Waals surface area contributed by atoms with Crippen molar-refractivity contribution < 1.29 is 4.79 Å². The van der Waals surface area contributed by atoms with Gasteiger partial charge >= 0.3 is 0 Å². The lowest BCUT2D eigenvalue weighted by Crippen LogP contribution is -2.26. The number of rotatable bonds is 3. The van der Waals surface area contributed by atoms with E-state index in [2.05, 4.69) is 20.3 Å². The van der Waals surface area contributed by atoms with Crippen LogP contribution in [0.1, 0.15) is 39.1 Å². The molecule has 1 atom stereocenters. The summed E-state index contributed by atoms with van der Waals surface area (Å²) in [4.78, 5) is 24.3. The van der Waals surface area contributed by atoms with Gasteiger partial charge in [-0.3, -0.25) is 9.78 Å². The summed E-state index contributed by atoms with van der Waals surface area (Å²) < 4.78 is 0. The summed E-state index contributed by atoms with van der Waals surface area (Å²) in [5.74, 6) is 0.846. The van der Waals surface area contributed by atoms with E-state index in [4.69, 9.17) is 11.6 Å². The molecule has 2 aromatic heterocycles. The van der Waals surface area contributed by atoms with Crippen LogP contribution in [0.25, 0.3) is 0 Å². The van der Waals surface area contributed by atoms with Gasteiger partial charge in [0.1, 0.15) is 11.5 Å². The van der Waals surface area contributed by atoms with Crippen LogP contribution in [0.15, 0.2) is 48.8 Å². The first-order valence-corrected chi connectivity index (χ1v) is 8.57. The van der Waals surface area contributed by atoms with Crippen molar-refractivity contribution in [2.45, 2.75) is 18.8 Å². The monoisotopic (exact) mass is 352 g/mol. The summed E-state index contributed by atoms with van der Waals surface area (Å²) in [5, 5.41) is 3.68. The highest BCUT2D eigenvalue weighted by Crippen LogP contribution is 2.25.